The number of aryl methyl sites for hydroxylation is 1. The van der Waals surface area contributed by atoms with E-state index < -0.39 is 0 Å². The lowest BCUT2D eigenvalue weighted by atomic mass is 9.98. The van der Waals surface area contributed by atoms with Crippen molar-refractivity contribution < 1.29 is 9.59 Å². The summed E-state index contributed by atoms with van der Waals surface area (Å²) in [6.45, 7) is 1.90. The van der Waals surface area contributed by atoms with Gasteiger partial charge in [-0.1, -0.05) is 0 Å². The van der Waals surface area contributed by atoms with Crippen LogP contribution >= 0.6 is 0 Å². The molecule has 1 aliphatic rings. The number of rotatable bonds is 5. The first-order chi connectivity index (χ1) is 8.75. The molecule has 2 heterocycles. The van der Waals surface area contributed by atoms with Gasteiger partial charge in [-0.15, -0.1) is 0 Å². The molecule has 1 saturated heterocycles. The number of hydrogen-bond donors (Lipinski definition) is 2. The van der Waals surface area contributed by atoms with E-state index in [4.69, 9.17) is 0 Å². The summed E-state index contributed by atoms with van der Waals surface area (Å²) in [5, 5.41) is 9.70. The van der Waals surface area contributed by atoms with Crippen molar-refractivity contribution in [2.45, 2.75) is 25.8 Å². The highest BCUT2D eigenvalue weighted by Crippen LogP contribution is 2.10. The zero-order chi connectivity index (χ0) is 12.8. The van der Waals surface area contributed by atoms with E-state index in [0.29, 0.717) is 25.9 Å². The van der Waals surface area contributed by atoms with Crippen LogP contribution in [-0.4, -0.2) is 34.7 Å². The number of hydrogen-bond acceptors (Lipinski definition) is 3. The molecule has 0 bridgehead atoms. The van der Waals surface area contributed by atoms with Crippen LogP contribution in [0.15, 0.2) is 18.5 Å². The first-order valence-electron chi connectivity index (χ1n) is 6.27. The second kappa shape index (κ2) is 6.18. The molecule has 0 spiro atoms. The minimum atomic E-state index is -0.0765. The van der Waals surface area contributed by atoms with Crippen molar-refractivity contribution in [3.05, 3.63) is 18.5 Å². The van der Waals surface area contributed by atoms with Gasteiger partial charge >= 0.3 is 0 Å². The van der Waals surface area contributed by atoms with Gasteiger partial charge in [0.1, 0.15) is 0 Å². The van der Waals surface area contributed by atoms with Crippen molar-refractivity contribution >= 4 is 11.8 Å². The number of amides is 2. The van der Waals surface area contributed by atoms with Crippen LogP contribution in [0.3, 0.4) is 0 Å². The zero-order valence-electron chi connectivity index (χ0n) is 10.3. The van der Waals surface area contributed by atoms with Gasteiger partial charge in [0.05, 0.1) is 5.92 Å². The van der Waals surface area contributed by atoms with Gasteiger partial charge in [-0.25, -0.2) is 0 Å². The molecule has 2 rings (SSSR count). The Kier molecular flexibility index (Phi) is 4.33. The summed E-state index contributed by atoms with van der Waals surface area (Å²) in [5.41, 5.74) is 0. The monoisotopic (exact) mass is 250 g/mol. The number of carbonyl (C=O) groups is 2. The number of nitrogens with one attached hydrogen (secondary N) is 2. The van der Waals surface area contributed by atoms with Gasteiger partial charge in [-0.05, 0) is 18.9 Å². The Balaban J connectivity index is 1.61. The largest absolute Gasteiger partial charge is 0.356 e. The van der Waals surface area contributed by atoms with E-state index in [-0.39, 0.29) is 17.7 Å². The fourth-order valence-electron chi connectivity index (χ4n) is 1.99. The summed E-state index contributed by atoms with van der Waals surface area (Å²) in [4.78, 5) is 22.8. The lowest BCUT2D eigenvalue weighted by molar-refractivity contribution is -0.128. The van der Waals surface area contributed by atoms with Gasteiger partial charge in [0.2, 0.25) is 11.8 Å². The van der Waals surface area contributed by atoms with Crippen molar-refractivity contribution in [3.63, 3.8) is 0 Å². The predicted octanol–water partition coefficient (Wildman–Crippen LogP) is -0.0844. The maximum Gasteiger partial charge on any atom is 0.224 e. The van der Waals surface area contributed by atoms with Crippen LogP contribution in [0.5, 0.6) is 0 Å². The molecular formula is C12H18N4O2. The lowest BCUT2D eigenvalue weighted by Gasteiger charge is -2.21. The topological polar surface area (TPSA) is 76.0 Å². The first-order valence-corrected chi connectivity index (χ1v) is 6.27. The Bertz CT molecular complexity index is 392. The second-order valence-electron chi connectivity index (χ2n) is 4.45. The maximum absolute atomic E-state index is 11.8. The average molecular weight is 250 g/mol. The molecule has 2 N–H and O–H groups in total. The summed E-state index contributed by atoms with van der Waals surface area (Å²) in [5.74, 6) is 0.000556. The highest BCUT2D eigenvalue weighted by molar-refractivity contribution is 5.83. The molecule has 6 heteroatoms. The van der Waals surface area contributed by atoms with Gasteiger partial charge in [0.25, 0.3) is 0 Å². The molecule has 0 aliphatic carbocycles. The van der Waals surface area contributed by atoms with Gasteiger partial charge in [0.15, 0.2) is 0 Å². The molecule has 1 atom stereocenters. The minimum absolute atomic E-state index is 0.0375. The molecule has 2 amide bonds. The fourth-order valence-corrected chi connectivity index (χ4v) is 1.99. The predicted molar refractivity (Wildman–Crippen MR) is 65.6 cm³/mol. The third-order valence-electron chi connectivity index (χ3n) is 3.06. The standard InChI is InChI=1S/C12H18N4O2/c17-11-4-3-10(9-14-11)12(18)13-5-1-7-16-8-2-6-15-16/h2,6,8,10H,1,3-5,7,9H2,(H,13,18)(H,14,17)/t10-/m1/s1. The van der Waals surface area contributed by atoms with E-state index in [2.05, 4.69) is 15.7 Å². The maximum atomic E-state index is 11.8. The minimum Gasteiger partial charge on any atom is -0.356 e. The smallest absolute Gasteiger partial charge is 0.224 e. The summed E-state index contributed by atoms with van der Waals surface area (Å²) < 4.78 is 1.84. The van der Waals surface area contributed by atoms with Crippen molar-refractivity contribution in [2.24, 2.45) is 5.92 Å². The third kappa shape index (κ3) is 3.58. The Labute approximate surface area is 106 Å². The zero-order valence-corrected chi connectivity index (χ0v) is 10.3. The lowest BCUT2D eigenvalue weighted by Crippen LogP contribution is -2.43. The van der Waals surface area contributed by atoms with Crippen LogP contribution in [0.4, 0.5) is 0 Å². The van der Waals surface area contributed by atoms with Crippen LogP contribution < -0.4 is 10.6 Å². The van der Waals surface area contributed by atoms with Gasteiger partial charge in [-0.3, -0.25) is 14.3 Å². The van der Waals surface area contributed by atoms with E-state index in [1.54, 1.807) is 6.20 Å². The quantitative estimate of drug-likeness (QED) is 0.717. The number of nitrogens with zero attached hydrogens (tertiary/aromatic N) is 2. The highest BCUT2D eigenvalue weighted by Gasteiger charge is 2.23. The van der Waals surface area contributed by atoms with Gasteiger partial charge in [0, 0.05) is 38.4 Å². The van der Waals surface area contributed by atoms with Crippen LogP contribution in [0.25, 0.3) is 0 Å². The SMILES string of the molecule is O=C1CC[C@@H](C(=O)NCCCn2cccn2)CN1. The fraction of sp³-hybridized carbons (Fsp3) is 0.583. The van der Waals surface area contributed by atoms with Crippen molar-refractivity contribution in [3.8, 4) is 0 Å². The van der Waals surface area contributed by atoms with Gasteiger partial charge < -0.3 is 10.6 Å². The summed E-state index contributed by atoms with van der Waals surface area (Å²) in [6.07, 6.45) is 5.59. The number of aromatic nitrogens is 2. The third-order valence-corrected chi connectivity index (χ3v) is 3.06. The summed E-state index contributed by atoms with van der Waals surface area (Å²) >= 11 is 0. The number of carbonyl (C=O) groups excluding carboxylic acids is 2. The molecule has 1 aliphatic heterocycles. The van der Waals surface area contributed by atoms with Crippen LogP contribution in [0.2, 0.25) is 0 Å². The van der Waals surface area contributed by atoms with Crippen molar-refractivity contribution in [1.82, 2.24) is 20.4 Å². The van der Waals surface area contributed by atoms with Crippen molar-refractivity contribution in [2.75, 3.05) is 13.1 Å². The molecular weight excluding hydrogens is 232 g/mol. The van der Waals surface area contributed by atoms with E-state index in [1.165, 1.54) is 0 Å². The molecule has 0 aromatic carbocycles. The van der Waals surface area contributed by atoms with Crippen LogP contribution in [0.1, 0.15) is 19.3 Å². The molecule has 0 saturated carbocycles. The highest BCUT2D eigenvalue weighted by atomic mass is 16.2. The number of piperidine rings is 1. The van der Waals surface area contributed by atoms with Crippen LogP contribution in [0, 0.1) is 5.92 Å². The summed E-state index contributed by atoms with van der Waals surface area (Å²) in [6, 6.07) is 1.88. The normalized spacial score (nSPS) is 19.3. The molecule has 0 radical (unpaired) electrons. The average Bonchev–Trinajstić information content (AvgIpc) is 2.88. The van der Waals surface area contributed by atoms with Gasteiger partial charge in [-0.2, -0.15) is 5.10 Å². The van der Waals surface area contributed by atoms with E-state index in [0.717, 1.165) is 13.0 Å². The van der Waals surface area contributed by atoms with E-state index in [9.17, 15) is 9.59 Å². The Morgan fingerprint density at radius 2 is 2.50 bits per heavy atom. The van der Waals surface area contributed by atoms with Crippen molar-refractivity contribution in [1.29, 1.82) is 0 Å². The summed E-state index contributed by atoms with van der Waals surface area (Å²) in [7, 11) is 0. The second-order valence-corrected chi connectivity index (χ2v) is 4.45. The first kappa shape index (κ1) is 12.6. The van der Waals surface area contributed by atoms with E-state index >= 15 is 0 Å². The Hall–Kier alpha value is -1.85. The molecule has 1 aromatic rings. The van der Waals surface area contributed by atoms with Crippen LogP contribution in [-0.2, 0) is 16.1 Å². The molecule has 0 unspecified atom stereocenters. The molecule has 18 heavy (non-hydrogen) atoms. The van der Waals surface area contributed by atoms with E-state index in [1.807, 2.05) is 16.9 Å². The molecule has 6 nitrogen and oxygen atoms in total. The molecule has 1 aromatic heterocycles. The Morgan fingerprint density at radius 3 is 3.17 bits per heavy atom. The molecule has 98 valence electrons. The molecule has 1 fully saturated rings. The Morgan fingerprint density at radius 1 is 1.61 bits per heavy atom.